The van der Waals surface area contributed by atoms with E-state index in [-0.39, 0.29) is 34.9 Å². The summed E-state index contributed by atoms with van der Waals surface area (Å²) in [7, 11) is -5.28. The fourth-order valence-corrected chi connectivity index (χ4v) is 12.0. The topological polar surface area (TPSA) is 250 Å². The first-order valence-electron chi connectivity index (χ1n) is 18.6. The number of fused-ring (bicyclic) bond motifs is 6. The summed E-state index contributed by atoms with van der Waals surface area (Å²) in [5, 5.41) is -0.556. The quantitative estimate of drug-likeness (QED) is 0.106. The lowest BCUT2D eigenvalue weighted by molar-refractivity contribution is -0.0598. The zero-order chi connectivity index (χ0) is 42.4. The van der Waals surface area contributed by atoms with Crippen LogP contribution in [-0.4, -0.2) is 110 Å². The van der Waals surface area contributed by atoms with Crippen LogP contribution in [0.25, 0.3) is 22.3 Å². The molecule has 7 heterocycles. The van der Waals surface area contributed by atoms with Gasteiger partial charge in [0.15, 0.2) is 52.0 Å². The van der Waals surface area contributed by atoms with Gasteiger partial charge in [-0.05, 0) is 48.1 Å². The van der Waals surface area contributed by atoms with Gasteiger partial charge in [-0.3, -0.25) is 22.7 Å². The van der Waals surface area contributed by atoms with Crippen LogP contribution in [0.2, 0.25) is 36.3 Å². The van der Waals surface area contributed by atoms with Crippen LogP contribution in [0.4, 0.5) is 11.6 Å². The van der Waals surface area contributed by atoms with Gasteiger partial charge in [0.2, 0.25) is 0 Å². The number of nitrogens with zero attached hydrogens (tertiary/aromatic N) is 8. The van der Waals surface area contributed by atoms with Crippen molar-refractivity contribution in [2.24, 2.45) is 0 Å². The number of aromatic nitrogens is 8. The third-order valence-corrected chi connectivity index (χ3v) is 23.8. The second kappa shape index (κ2) is 15.4. The summed E-state index contributed by atoms with van der Waals surface area (Å²) in [6.07, 6.45) is -2.77. The Bertz CT molecular complexity index is 2120. The van der Waals surface area contributed by atoms with Crippen LogP contribution in [0, 0.1) is 0 Å². The zero-order valence-corrected chi connectivity index (χ0v) is 39.4. The second-order valence-electron chi connectivity index (χ2n) is 17.7. The number of hydrogen-bond acceptors (Lipinski definition) is 18. The van der Waals surface area contributed by atoms with Crippen molar-refractivity contribution in [3.8, 4) is 0 Å². The molecule has 0 saturated carbocycles. The highest BCUT2D eigenvalue weighted by atomic mass is 32.7. The highest BCUT2D eigenvalue weighted by Crippen LogP contribution is 2.59. The summed E-state index contributed by atoms with van der Waals surface area (Å²) in [4.78, 5) is 37.8. The zero-order valence-electron chi connectivity index (χ0n) is 33.9. The van der Waals surface area contributed by atoms with Crippen LogP contribution in [0.1, 0.15) is 54.0 Å². The molecular weight excluding hydrogens is 867 g/mol. The van der Waals surface area contributed by atoms with Crippen molar-refractivity contribution in [1.29, 1.82) is 0 Å². The van der Waals surface area contributed by atoms with Crippen LogP contribution in [0.3, 0.4) is 0 Å². The van der Waals surface area contributed by atoms with Crippen molar-refractivity contribution in [2.45, 2.75) is 127 Å². The van der Waals surface area contributed by atoms with Crippen LogP contribution in [-0.2, 0) is 52.8 Å². The Kier molecular flexibility index (Phi) is 11.7. The minimum absolute atomic E-state index is 0.148. The Hall–Kier alpha value is -2.00. The predicted molar refractivity (Wildman–Crippen MR) is 226 cm³/mol. The maximum absolute atomic E-state index is 14.6. The molecule has 5 N–H and O–H groups in total. The Morgan fingerprint density at radius 3 is 1.60 bits per heavy atom. The summed E-state index contributed by atoms with van der Waals surface area (Å²) in [5.74, 6) is 0.299. The first-order chi connectivity index (χ1) is 26.8. The normalized spacial score (nSPS) is 33.2. The molecule has 0 aromatic carbocycles. The lowest BCUT2D eigenvalue weighted by atomic mass is 10.1. The standard InChI is InChI=1S/C32H52N10O10P2S2Si2/c1-31(2,3)57(7,8)51-21-17-11-45-54(44,56)50-24-22(52-58(9,10)32(4,5)6)18(48-30(24)42-16-40-20-26(34)36-14-38-28(20)42)12-46-53(43,55)49-23(21)29(47-17)41-15-39-19-25(33)35-13-37-27(19)41/h13-18,21-24,29-30H,11-12H2,1-10H3,(H,43,55)(H,44,56)(H2,33,35,37)(H2,34,36,38)/t17?,18?,21?,22?,23-,24-,29-,30-,53?,54?/m1/s1. The van der Waals surface area contributed by atoms with E-state index in [1.54, 1.807) is 9.13 Å². The molecule has 10 atom stereocenters. The molecule has 4 aromatic rings. The van der Waals surface area contributed by atoms with Crippen molar-refractivity contribution in [3.63, 3.8) is 0 Å². The van der Waals surface area contributed by atoms with E-state index >= 15 is 0 Å². The number of ether oxygens (including phenoxy) is 2. The van der Waals surface area contributed by atoms with Gasteiger partial charge < -0.3 is 39.2 Å². The molecule has 0 aliphatic carbocycles. The lowest BCUT2D eigenvalue weighted by Crippen LogP contribution is -2.51. The molecule has 320 valence electrons. The van der Waals surface area contributed by atoms with Gasteiger partial charge in [-0.1, -0.05) is 53.8 Å². The molecule has 4 bridgehead atoms. The van der Waals surface area contributed by atoms with E-state index in [4.69, 9.17) is 59.7 Å². The predicted octanol–water partition coefficient (Wildman–Crippen LogP) is 5.48. The smallest absolute Gasteiger partial charge is 0.386 e. The van der Waals surface area contributed by atoms with E-state index in [0.29, 0.717) is 22.3 Å². The maximum Gasteiger partial charge on any atom is 0.386 e. The number of nitrogens with two attached hydrogens (primary N) is 2. The average Bonchev–Trinajstić information content (AvgIpc) is 3.87. The van der Waals surface area contributed by atoms with E-state index in [1.165, 1.54) is 25.3 Å². The Morgan fingerprint density at radius 1 is 0.759 bits per heavy atom. The summed E-state index contributed by atoms with van der Waals surface area (Å²) in [5.41, 5.74) is 13.6. The Balaban J connectivity index is 1.33. The van der Waals surface area contributed by atoms with Crippen molar-refractivity contribution in [1.82, 2.24) is 39.0 Å². The largest absolute Gasteiger partial charge is 0.408 e. The Morgan fingerprint density at radius 2 is 1.17 bits per heavy atom. The van der Waals surface area contributed by atoms with Crippen molar-refractivity contribution in [3.05, 3.63) is 25.3 Å². The summed E-state index contributed by atoms with van der Waals surface area (Å²) in [6, 6.07) is 0. The fourth-order valence-electron chi connectivity index (χ4n) is 6.49. The molecule has 0 spiro atoms. The van der Waals surface area contributed by atoms with Gasteiger partial charge >= 0.3 is 13.5 Å². The number of imidazole rings is 2. The highest BCUT2D eigenvalue weighted by Gasteiger charge is 2.57. The maximum atomic E-state index is 14.6. The van der Waals surface area contributed by atoms with Gasteiger partial charge in [-0.25, -0.2) is 34.5 Å². The highest BCUT2D eigenvalue weighted by molar-refractivity contribution is 8.44. The van der Waals surface area contributed by atoms with E-state index in [9.17, 15) is 9.46 Å². The molecule has 0 radical (unpaired) electrons. The van der Waals surface area contributed by atoms with Gasteiger partial charge in [0.1, 0.15) is 60.3 Å². The molecule has 4 aromatic heterocycles. The summed E-state index contributed by atoms with van der Waals surface area (Å²) >= 11 is 10.3. The SMILES string of the molecule is CC(C)(C)[Si](C)(C)OC1C2COP(O)(=S)O[C@@H]3C(O[Si](C)(C)C(C)(C)C)C(COP(=O)(S)O[C@H]1[C@H](n1cnc4c(N)ncnc41)O2)O[C@H]3n1cnc2c(N)ncnc21. The van der Waals surface area contributed by atoms with E-state index in [1.807, 2.05) is 0 Å². The third-order valence-electron chi connectivity index (χ3n) is 11.7. The monoisotopic (exact) mass is 918 g/mol. The molecule has 26 heteroatoms. The average molecular weight is 919 g/mol. The molecule has 3 aliphatic rings. The number of rotatable bonds is 6. The van der Waals surface area contributed by atoms with Gasteiger partial charge in [-0.15, -0.1) is 0 Å². The van der Waals surface area contributed by atoms with Crippen molar-refractivity contribution >= 4 is 88.2 Å². The summed E-state index contributed by atoms with van der Waals surface area (Å²) < 4.78 is 70.3. The first-order valence-corrected chi connectivity index (χ1v) is 29.7. The molecule has 7 rings (SSSR count). The van der Waals surface area contributed by atoms with Gasteiger partial charge in [0.25, 0.3) is 0 Å². The summed E-state index contributed by atoms with van der Waals surface area (Å²) in [6.45, 7) is 11.5. The minimum Gasteiger partial charge on any atom is -0.408 e. The van der Waals surface area contributed by atoms with Crippen LogP contribution in [0.15, 0.2) is 25.3 Å². The van der Waals surface area contributed by atoms with E-state index in [0.717, 1.165) is 0 Å². The van der Waals surface area contributed by atoms with Crippen LogP contribution in [0.5, 0.6) is 0 Å². The number of thiol groups is 1. The lowest BCUT2D eigenvalue weighted by Gasteiger charge is -2.41. The molecule has 3 aliphatic heterocycles. The van der Waals surface area contributed by atoms with E-state index < -0.39 is 79.2 Å². The van der Waals surface area contributed by atoms with Gasteiger partial charge in [-0.2, -0.15) is 0 Å². The number of anilines is 2. The number of nitrogen functional groups attached to an aromatic ring is 2. The molecule has 0 amide bonds. The van der Waals surface area contributed by atoms with Crippen molar-refractivity contribution < 1.29 is 45.9 Å². The molecule has 20 nitrogen and oxygen atoms in total. The van der Waals surface area contributed by atoms with Crippen LogP contribution >= 0.6 is 25.8 Å². The van der Waals surface area contributed by atoms with E-state index in [2.05, 4.69) is 110 Å². The van der Waals surface area contributed by atoms with Crippen LogP contribution < -0.4 is 11.5 Å². The first kappa shape index (κ1) is 44.1. The third kappa shape index (κ3) is 8.45. The molecular formula is C32H52N10O10P2S2Si2. The Labute approximate surface area is 348 Å². The molecule has 6 unspecified atom stereocenters. The molecule has 58 heavy (non-hydrogen) atoms. The van der Waals surface area contributed by atoms with Gasteiger partial charge in [0.05, 0.1) is 25.9 Å². The second-order valence-corrected chi connectivity index (χ2v) is 32.8. The number of hydrogen-bond donors (Lipinski definition) is 4. The molecule has 3 fully saturated rings. The molecule has 3 saturated heterocycles. The van der Waals surface area contributed by atoms with Crippen molar-refractivity contribution in [2.75, 3.05) is 24.7 Å². The fraction of sp³-hybridized carbons (Fsp3) is 0.688. The minimum atomic E-state index is -4.32. The van der Waals surface area contributed by atoms with Gasteiger partial charge in [0, 0.05) is 0 Å².